The molecule has 312 valence electrons. The van der Waals surface area contributed by atoms with Crippen molar-refractivity contribution in [2.45, 2.75) is 94.8 Å². The summed E-state index contributed by atoms with van der Waals surface area (Å²) in [6.07, 6.45) is 13.0. The summed E-state index contributed by atoms with van der Waals surface area (Å²) >= 11 is 0. The molecule has 2 heteroatoms. The molecular formula is C61H58N2. The third-order valence-corrected chi connectivity index (χ3v) is 17.3. The number of anilines is 6. The van der Waals surface area contributed by atoms with Gasteiger partial charge in [-0.3, -0.25) is 0 Å². The van der Waals surface area contributed by atoms with Crippen LogP contribution in [0.15, 0.2) is 164 Å². The molecule has 1 spiro atoms. The molecule has 7 aromatic rings. The summed E-state index contributed by atoms with van der Waals surface area (Å²) in [6, 6.07) is 63.5. The van der Waals surface area contributed by atoms with Crippen LogP contribution >= 0.6 is 0 Å². The maximum absolute atomic E-state index is 2.73. The zero-order valence-corrected chi connectivity index (χ0v) is 36.9. The van der Waals surface area contributed by atoms with Crippen molar-refractivity contribution in [3.63, 3.8) is 0 Å². The highest BCUT2D eigenvalue weighted by molar-refractivity contribution is 5.89. The van der Waals surface area contributed by atoms with E-state index < -0.39 is 0 Å². The van der Waals surface area contributed by atoms with E-state index in [1.165, 1.54) is 108 Å². The Kier molecular flexibility index (Phi) is 8.57. The number of hydrogen-bond acceptors (Lipinski definition) is 2. The van der Waals surface area contributed by atoms with Gasteiger partial charge in [0.05, 0.1) is 11.4 Å². The molecule has 6 aliphatic rings. The van der Waals surface area contributed by atoms with E-state index in [9.17, 15) is 0 Å². The molecule has 63 heavy (non-hydrogen) atoms. The van der Waals surface area contributed by atoms with Crippen LogP contribution in [0.5, 0.6) is 0 Å². The van der Waals surface area contributed by atoms with Gasteiger partial charge in [0.25, 0.3) is 0 Å². The maximum atomic E-state index is 2.73. The van der Waals surface area contributed by atoms with Crippen molar-refractivity contribution in [2.75, 3.05) is 9.80 Å². The molecule has 13 rings (SSSR count). The Morgan fingerprint density at radius 1 is 0.460 bits per heavy atom. The molecule has 3 fully saturated rings. The number of benzene rings is 7. The molecule has 0 saturated heterocycles. The van der Waals surface area contributed by atoms with Gasteiger partial charge in [0, 0.05) is 33.6 Å². The minimum absolute atomic E-state index is 0.0897. The van der Waals surface area contributed by atoms with Gasteiger partial charge < -0.3 is 9.80 Å². The number of hydrogen-bond donors (Lipinski definition) is 0. The summed E-state index contributed by atoms with van der Waals surface area (Å²) in [5.41, 5.74) is 21.1. The predicted molar refractivity (Wildman–Crippen MR) is 262 cm³/mol. The molecule has 6 atom stereocenters. The van der Waals surface area contributed by atoms with Gasteiger partial charge in [-0.15, -0.1) is 0 Å². The summed E-state index contributed by atoms with van der Waals surface area (Å²) in [4.78, 5) is 5.38. The average Bonchev–Trinajstić information content (AvgIpc) is 4.13. The summed E-state index contributed by atoms with van der Waals surface area (Å²) in [5, 5.41) is 0. The summed E-state index contributed by atoms with van der Waals surface area (Å²) in [6.45, 7) is 4.83. The Labute approximate surface area is 374 Å². The van der Waals surface area contributed by atoms with Crippen LogP contribution in [0.2, 0.25) is 0 Å². The topological polar surface area (TPSA) is 6.48 Å². The number of para-hydroxylation sites is 3. The third kappa shape index (κ3) is 5.49. The van der Waals surface area contributed by atoms with Gasteiger partial charge in [0.15, 0.2) is 0 Å². The van der Waals surface area contributed by atoms with Crippen LogP contribution in [-0.4, -0.2) is 0 Å². The molecule has 0 radical (unpaired) electrons. The van der Waals surface area contributed by atoms with Crippen molar-refractivity contribution in [1.29, 1.82) is 0 Å². The van der Waals surface area contributed by atoms with Crippen molar-refractivity contribution in [3.05, 3.63) is 203 Å². The largest absolute Gasteiger partial charge is 0.310 e. The highest BCUT2D eigenvalue weighted by atomic mass is 15.2. The summed E-state index contributed by atoms with van der Waals surface area (Å²) < 4.78 is 0. The molecule has 0 N–H and O–H groups in total. The zero-order valence-electron chi connectivity index (χ0n) is 36.9. The molecule has 0 aromatic heterocycles. The molecule has 0 aliphatic heterocycles. The van der Waals surface area contributed by atoms with Crippen molar-refractivity contribution < 1.29 is 0 Å². The molecule has 2 bridgehead atoms. The average molecular weight is 819 g/mol. The van der Waals surface area contributed by atoms with E-state index >= 15 is 0 Å². The monoisotopic (exact) mass is 818 g/mol. The number of rotatable bonds is 7. The first-order chi connectivity index (χ1) is 31.0. The van der Waals surface area contributed by atoms with Gasteiger partial charge in [-0.05, 0) is 179 Å². The van der Waals surface area contributed by atoms with Crippen LogP contribution in [0.3, 0.4) is 0 Å². The Hall–Kier alpha value is -5.86. The SMILES string of the molecule is CC1(C)c2ccccc2-c2ccc(N(c3ccccc3)c3cccc4c3C35c6c(cccc6N(c6ccccc6)c6ccccc6C6CC7CCC6C7)CC3CCCCC5C4)cc21. The second kappa shape index (κ2) is 14.3. The van der Waals surface area contributed by atoms with E-state index in [0.717, 1.165) is 24.7 Å². The van der Waals surface area contributed by atoms with E-state index in [1.54, 1.807) is 27.8 Å². The minimum atomic E-state index is -0.123. The molecule has 7 aromatic carbocycles. The quantitative estimate of drug-likeness (QED) is 0.158. The van der Waals surface area contributed by atoms with Gasteiger partial charge in [-0.25, -0.2) is 0 Å². The second-order valence-electron chi connectivity index (χ2n) is 20.7. The number of nitrogens with zero attached hydrogens (tertiary/aromatic N) is 2. The number of fused-ring (bicyclic) bond motifs is 7. The van der Waals surface area contributed by atoms with Gasteiger partial charge in [0.2, 0.25) is 0 Å². The maximum Gasteiger partial charge on any atom is 0.0505 e. The lowest BCUT2D eigenvalue weighted by Gasteiger charge is -2.43. The fourth-order valence-electron chi connectivity index (χ4n) is 14.9. The van der Waals surface area contributed by atoms with Crippen LogP contribution in [0.25, 0.3) is 11.1 Å². The Morgan fingerprint density at radius 2 is 1.05 bits per heavy atom. The smallest absolute Gasteiger partial charge is 0.0505 e. The molecule has 2 nitrogen and oxygen atoms in total. The lowest BCUT2D eigenvalue weighted by atomic mass is 9.63. The van der Waals surface area contributed by atoms with E-state index in [1.807, 2.05) is 0 Å². The molecule has 0 heterocycles. The van der Waals surface area contributed by atoms with Crippen molar-refractivity contribution in [3.8, 4) is 11.1 Å². The second-order valence-corrected chi connectivity index (χ2v) is 20.7. The van der Waals surface area contributed by atoms with E-state index in [-0.39, 0.29) is 10.8 Å². The Bertz CT molecular complexity index is 2880. The van der Waals surface area contributed by atoms with Gasteiger partial charge in [-0.2, -0.15) is 0 Å². The molecule has 6 unspecified atom stereocenters. The van der Waals surface area contributed by atoms with Crippen molar-refractivity contribution in [2.24, 2.45) is 23.7 Å². The van der Waals surface area contributed by atoms with E-state index in [4.69, 9.17) is 0 Å². The lowest BCUT2D eigenvalue weighted by Crippen LogP contribution is -2.39. The minimum Gasteiger partial charge on any atom is -0.310 e. The Morgan fingerprint density at radius 3 is 1.71 bits per heavy atom. The van der Waals surface area contributed by atoms with Crippen LogP contribution in [0.4, 0.5) is 34.1 Å². The third-order valence-electron chi connectivity index (χ3n) is 17.3. The highest BCUT2D eigenvalue weighted by Gasteiger charge is 2.60. The molecule has 0 amide bonds. The normalized spacial score (nSPS) is 25.3. The Balaban J connectivity index is 1.05. The van der Waals surface area contributed by atoms with E-state index in [2.05, 4.69) is 187 Å². The first-order valence-corrected chi connectivity index (χ1v) is 24.3. The van der Waals surface area contributed by atoms with Crippen molar-refractivity contribution >= 4 is 34.1 Å². The van der Waals surface area contributed by atoms with Crippen LogP contribution in [-0.2, 0) is 23.7 Å². The van der Waals surface area contributed by atoms with Crippen LogP contribution in [0, 0.1) is 23.7 Å². The van der Waals surface area contributed by atoms with Gasteiger partial charge >= 0.3 is 0 Å². The first kappa shape index (κ1) is 37.7. The van der Waals surface area contributed by atoms with Crippen LogP contribution in [0.1, 0.15) is 110 Å². The fourth-order valence-corrected chi connectivity index (χ4v) is 14.9. The zero-order chi connectivity index (χ0) is 41.9. The fraction of sp³-hybridized carbons (Fsp3) is 0.311. The van der Waals surface area contributed by atoms with Gasteiger partial charge in [-0.1, -0.05) is 142 Å². The standard InChI is InChI=1S/C61H58N2/c1-60(2)53-27-13-11-25-49(53)50-34-33-48(39-54(50)60)62(46-21-5-3-6-22-46)56-29-15-17-42-37-44-19-9-10-20-45-38-43-18-16-30-57(59(43)61(44,45)58(42)56)63(47-23-7-4-8-24-47)55-28-14-12-26-51(55)52-36-40-31-32-41(52)35-40/h3-8,11-18,21-30,33-34,39-41,44-45,52H,9-10,19-20,31-32,35-38H2,1-2H3. The molecule has 6 aliphatic carbocycles. The lowest BCUT2D eigenvalue weighted by molar-refractivity contribution is 0.258. The molecular weight excluding hydrogens is 761 g/mol. The highest BCUT2D eigenvalue weighted by Crippen LogP contribution is 2.67. The van der Waals surface area contributed by atoms with Gasteiger partial charge in [0.1, 0.15) is 0 Å². The summed E-state index contributed by atoms with van der Waals surface area (Å²) in [5.74, 6) is 3.39. The first-order valence-electron chi connectivity index (χ1n) is 24.3. The van der Waals surface area contributed by atoms with Crippen molar-refractivity contribution in [1.82, 2.24) is 0 Å². The predicted octanol–water partition coefficient (Wildman–Crippen LogP) is 16.0. The van der Waals surface area contributed by atoms with Crippen LogP contribution < -0.4 is 9.80 Å². The van der Waals surface area contributed by atoms with E-state index in [0.29, 0.717) is 17.8 Å². The molecule has 3 saturated carbocycles. The summed E-state index contributed by atoms with van der Waals surface area (Å²) in [7, 11) is 0.